The molecule has 0 aliphatic heterocycles. The maximum atomic E-state index is 11.2. The Hall–Kier alpha value is -1.44. The van der Waals surface area contributed by atoms with Crippen LogP contribution in [0.15, 0.2) is 52.1 Å². The van der Waals surface area contributed by atoms with Crippen LogP contribution in [0.4, 0.5) is 5.69 Å². The molecule has 1 unspecified atom stereocenters. The van der Waals surface area contributed by atoms with E-state index in [1.54, 1.807) is 18.3 Å². The van der Waals surface area contributed by atoms with Crippen molar-refractivity contribution >= 4 is 31.6 Å². The highest BCUT2D eigenvalue weighted by Gasteiger charge is 2.10. The summed E-state index contributed by atoms with van der Waals surface area (Å²) in [6.07, 6.45) is 1.72. The number of aromatic nitrogens is 1. The van der Waals surface area contributed by atoms with Crippen molar-refractivity contribution in [3.63, 3.8) is 0 Å². The predicted octanol–water partition coefficient (Wildman–Crippen LogP) is 2.66. The third-order valence-electron chi connectivity index (χ3n) is 2.82. The Balaban J connectivity index is 2.13. The third-order valence-corrected chi connectivity index (χ3v) is 4.22. The van der Waals surface area contributed by atoms with Crippen molar-refractivity contribution in [2.75, 3.05) is 5.32 Å². The van der Waals surface area contributed by atoms with E-state index in [2.05, 4.69) is 26.2 Å². The second-order valence-corrected chi connectivity index (χ2v) is 6.72. The SMILES string of the molecule is CC(Nc1ccc(Br)nc1)c1ccc(S(N)(=O)=O)cc1. The molecule has 2 aromatic rings. The van der Waals surface area contributed by atoms with Crippen LogP contribution >= 0.6 is 15.9 Å². The molecule has 0 saturated carbocycles. The summed E-state index contributed by atoms with van der Waals surface area (Å²) in [7, 11) is -3.64. The number of nitrogens with one attached hydrogen (secondary N) is 1. The molecule has 0 saturated heterocycles. The summed E-state index contributed by atoms with van der Waals surface area (Å²) < 4.78 is 23.1. The monoisotopic (exact) mass is 355 g/mol. The fourth-order valence-corrected chi connectivity index (χ4v) is 2.49. The van der Waals surface area contributed by atoms with Gasteiger partial charge in [-0.2, -0.15) is 0 Å². The Labute approximate surface area is 126 Å². The van der Waals surface area contributed by atoms with Crippen LogP contribution in [0.5, 0.6) is 0 Å². The smallest absolute Gasteiger partial charge is 0.238 e. The highest BCUT2D eigenvalue weighted by molar-refractivity contribution is 9.10. The van der Waals surface area contributed by atoms with Crippen molar-refractivity contribution in [1.82, 2.24) is 4.98 Å². The number of anilines is 1. The average molecular weight is 356 g/mol. The average Bonchev–Trinajstić information content (AvgIpc) is 2.40. The van der Waals surface area contributed by atoms with Gasteiger partial charge in [-0.1, -0.05) is 12.1 Å². The summed E-state index contributed by atoms with van der Waals surface area (Å²) in [5.74, 6) is 0. The highest BCUT2D eigenvalue weighted by Crippen LogP contribution is 2.20. The van der Waals surface area contributed by atoms with Gasteiger partial charge in [0.2, 0.25) is 10.0 Å². The standard InChI is InChI=1S/C13H14BrN3O2S/c1-9(17-11-4-7-13(14)16-8-11)10-2-5-12(6-3-10)20(15,18)19/h2-9,17H,1H3,(H2,15,18,19). The Morgan fingerprint density at radius 1 is 1.20 bits per heavy atom. The van der Waals surface area contributed by atoms with Gasteiger partial charge in [0.25, 0.3) is 0 Å². The number of benzene rings is 1. The van der Waals surface area contributed by atoms with Gasteiger partial charge in [0.1, 0.15) is 4.60 Å². The van der Waals surface area contributed by atoms with Crippen LogP contribution in [0, 0.1) is 0 Å². The first-order valence-electron chi connectivity index (χ1n) is 5.87. The molecule has 106 valence electrons. The lowest BCUT2D eigenvalue weighted by atomic mass is 10.1. The molecule has 0 fully saturated rings. The number of halogens is 1. The van der Waals surface area contributed by atoms with Crippen LogP contribution < -0.4 is 10.5 Å². The quantitative estimate of drug-likeness (QED) is 0.825. The van der Waals surface area contributed by atoms with Crippen LogP contribution in [0.3, 0.4) is 0 Å². The predicted molar refractivity (Wildman–Crippen MR) is 81.8 cm³/mol. The summed E-state index contributed by atoms with van der Waals surface area (Å²) in [4.78, 5) is 4.24. The van der Waals surface area contributed by atoms with Gasteiger partial charge in [-0.15, -0.1) is 0 Å². The number of nitrogens with zero attached hydrogens (tertiary/aromatic N) is 1. The molecule has 0 amide bonds. The summed E-state index contributed by atoms with van der Waals surface area (Å²) >= 11 is 3.28. The minimum Gasteiger partial charge on any atom is -0.377 e. The first kappa shape index (κ1) is 15.0. The summed E-state index contributed by atoms with van der Waals surface area (Å²) in [5.41, 5.74) is 1.84. The van der Waals surface area contributed by atoms with Crippen molar-refractivity contribution in [2.24, 2.45) is 5.14 Å². The van der Waals surface area contributed by atoms with Gasteiger partial charge in [0.15, 0.2) is 0 Å². The zero-order chi connectivity index (χ0) is 14.8. The number of rotatable bonds is 4. The van der Waals surface area contributed by atoms with Crippen LogP contribution in [-0.4, -0.2) is 13.4 Å². The molecule has 20 heavy (non-hydrogen) atoms. The van der Waals surface area contributed by atoms with Gasteiger partial charge in [-0.05, 0) is 52.7 Å². The second-order valence-electron chi connectivity index (χ2n) is 4.35. The Kier molecular flexibility index (Phi) is 4.42. The number of sulfonamides is 1. The van der Waals surface area contributed by atoms with Crippen molar-refractivity contribution in [3.8, 4) is 0 Å². The first-order chi connectivity index (χ1) is 9.36. The number of nitrogens with two attached hydrogens (primary N) is 1. The molecular formula is C13H14BrN3O2S. The van der Waals surface area contributed by atoms with Gasteiger partial charge in [-0.25, -0.2) is 18.5 Å². The maximum absolute atomic E-state index is 11.2. The largest absolute Gasteiger partial charge is 0.377 e. The fraction of sp³-hybridized carbons (Fsp3) is 0.154. The van der Waals surface area contributed by atoms with E-state index in [9.17, 15) is 8.42 Å². The van der Waals surface area contributed by atoms with Crippen LogP contribution in [0.1, 0.15) is 18.5 Å². The summed E-state index contributed by atoms with van der Waals surface area (Å²) in [6.45, 7) is 1.98. The Morgan fingerprint density at radius 3 is 2.35 bits per heavy atom. The molecular weight excluding hydrogens is 342 g/mol. The van der Waals surface area contributed by atoms with Crippen LogP contribution in [0.2, 0.25) is 0 Å². The molecule has 0 spiro atoms. The number of pyridine rings is 1. The number of hydrogen-bond acceptors (Lipinski definition) is 4. The topological polar surface area (TPSA) is 85.1 Å². The van der Waals surface area contributed by atoms with E-state index in [0.717, 1.165) is 15.9 Å². The van der Waals surface area contributed by atoms with E-state index in [1.165, 1.54) is 12.1 Å². The molecule has 1 atom stereocenters. The highest BCUT2D eigenvalue weighted by atomic mass is 79.9. The molecule has 0 aliphatic carbocycles. The zero-order valence-electron chi connectivity index (χ0n) is 10.7. The van der Waals surface area contributed by atoms with E-state index < -0.39 is 10.0 Å². The van der Waals surface area contributed by atoms with Crippen molar-refractivity contribution in [3.05, 3.63) is 52.8 Å². The molecule has 0 aliphatic rings. The molecule has 1 heterocycles. The lowest BCUT2D eigenvalue weighted by Crippen LogP contribution is -2.12. The number of primary sulfonamides is 1. The normalized spacial score (nSPS) is 12.9. The lowest BCUT2D eigenvalue weighted by molar-refractivity contribution is 0.597. The fourth-order valence-electron chi connectivity index (χ4n) is 1.74. The van der Waals surface area contributed by atoms with Crippen molar-refractivity contribution in [1.29, 1.82) is 0 Å². The van der Waals surface area contributed by atoms with E-state index in [4.69, 9.17) is 5.14 Å². The van der Waals surface area contributed by atoms with Gasteiger partial charge in [0.05, 0.1) is 16.8 Å². The molecule has 1 aromatic carbocycles. The van der Waals surface area contributed by atoms with Gasteiger partial charge < -0.3 is 5.32 Å². The van der Waals surface area contributed by atoms with Crippen molar-refractivity contribution in [2.45, 2.75) is 17.9 Å². The van der Waals surface area contributed by atoms with E-state index in [1.807, 2.05) is 19.1 Å². The van der Waals surface area contributed by atoms with Crippen molar-refractivity contribution < 1.29 is 8.42 Å². The summed E-state index contributed by atoms with van der Waals surface area (Å²) in [5, 5.41) is 8.34. The first-order valence-corrected chi connectivity index (χ1v) is 8.21. The Morgan fingerprint density at radius 2 is 1.85 bits per heavy atom. The van der Waals surface area contributed by atoms with Gasteiger partial charge in [-0.3, -0.25) is 0 Å². The molecule has 0 radical (unpaired) electrons. The summed E-state index contributed by atoms with van der Waals surface area (Å²) in [6, 6.07) is 10.3. The van der Waals surface area contributed by atoms with Crippen LogP contribution in [-0.2, 0) is 10.0 Å². The van der Waals surface area contributed by atoms with E-state index in [-0.39, 0.29) is 10.9 Å². The van der Waals surface area contributed by atoms with Crippen LogP contribution in [0.25, 0.3) is 0 Å². The van der Waals surface area contributed by atoms with Gasteiger partial charge >= 0.3 is 0 Å². The van der Waals surface area contributed by atoms with E-state index in [0.29, 0.717) is 0 Å². The molecule has 3 N–H and O–H groups in total. The second kappa shape index (κ2) is 5.90. The number of hydrogen-bond donors (Lipinski definition) is 2. The minimum atomic E-state index is -3.64. The molecule has 5 nitrogen and oxygen atoms in total. The molecule has 0 bridgehead atoms. The molecule has 1 aromatic heterocycles. The molecule has 2 rings (SSSR count). The van der Waals surface area contributed by atoms with Gasteiger partial charge in [0, 0.05) is 6.04 Å². The minimum absolute atomic E-state index is 0.0208. The lowest BCUT2D eigenvalue weighted by Gasteiger charge is -2.15. The zero-order valence-corrected chi connectivity index (χ0v) is 13.1. The van der Waals surface area contributed by atoms with E-state index >= 15 is 0 Å². The Bertz CT molecular complexity index is 685. The third kappa shape index (κ3) is 3.78. The maximum Gasteiger partial charge on any atom is 0.238 e. The molecule has 7 heteroatoms.